The minimum atomic E-state index is -0.862. The molecule has 1 aliphatic heterocycles. The zero-order valence-corrected chi connectivity index (χ0v) is 5.20. The van der Waals surface area contributed by atoms with E-state index in [-0.39, 0.29) is 6.04 Å². The first-order chi connectivity index (χ1) is 4.22. The number of aliphatic hydroxyl groups excluding tert-OH is 1. The van der Waals surface area contributed by atoms with Crippen LogP contribution in [0.4, 0.5) is 0 Å². The summed E-state index contributed by atoms with van der Waals surface area (Å²) in [5.74, 6) is 0. The number of nitrogens with two attached hydrogens (primary N) is 1. The molecule has 0 radical (unpaired) electrons. The summed E-state index contributed by atoms with van der Waals surface area (Å²) in [6.45, 7) is 0.523. The first-order valence-corrected chi connectivity index (χ1v) is 3.11. The fraction of sp³-hybridized carbons (Fsp3) is 1.00. The lowest BCUT2D eigenvalue weighted by Crippen LogP contribution is -2.50. The summed E-state index contributed by atoms with van der Waals surface area (Å²) in [7, 11) is 0. The summed E-state index contributed by atoms with van der Waals surface area (Å²) >= 11 is 0. The van der Waals surface area contributed by atoms with Crippen molar-refractivity contribution in [1.29, 1.82) is 0 Å². The lowest BCUT2D eigenvalue weighted by molar-refractivity contribution is -0.216. The zero-order chi connectivity index (χ0) is 6.85. The van der Waals surface area contributed by atoms with Crippen LogP contribution in [0.25, 0.3) is 0 Å². The molecule has 0 saturated carbocycles. The van der Waals surface area contributed by atoms with Gasteiger partial charge in [0.15, 0.2) is 0 Å². The maximum absolute atomic E-state index is 9.00. The van der Waals surface area contributed by atoms with E-state index in [1.54, 1.807) is 0 Å². The molecule has 0 unspecified atom stereocenters. The summed E-state index contributed by atoms with van der Waals surface area (Å²) in [5.41, 5.74) is 5.42. The van der Waals surface area contributed by atoms with E-state index in [4.69, 9.17) is 16.0 Å². The first-order valence-electron chi connectivity index (χ1n) is 3.11. The third-order valence-electron chi connectivity index (χ3n) is 1.61. The Hall–Kier alpha value is -0.160. The second-order valence-corrected chi connectivity index (χ2v) is 2.38. The van der Waals surface area contributed by atoms with Gasteiger partial charge in [0.2, 0.25) is 0 Å². The normalized spacial score (nSPS) is 39.0. The summed E-state index contributed by atoms with van der Waals surface area (Å²) in [6, 6.07) is -0.288. The molecule has 1 aliphatic rings. The van der Waals surface area contributed by atoms with E-state index in [1.807, 2.05) is 0 Å². The molecule has 4 N–H and O–H groups in total. The van der Waals surface area contributed by atoms with Gasteiger partial charge in [-0.25, -0.2) is 0 Å². The maximum Gasteiger partial charge on any atom is 0.144 e. The molecular weight excluding hydrogens is 120 g/mol. The minimum absolute atomic E-state index is 0.288. The predicted octanol–water partition coefficient (Wildman–Crippen LogP) is -0.883. The summed E-state index contributed by atoms with van der Waals surface area (Å²) in [4.78, 5) is 0. The van der Waals surface area contributed by atoms with Crippen LogP contribution in [-0.2, 0) is 0 Å². The molecule has 1 rings (SSSR count). The fourth-order valence-electron chi connectivity index (χ4n) is 0.991. The van der Waals surface area contributed by atoms with Gasteiger partial charge in [-0.2, -0.15) is 5.06 Å². The standard InChI is InChI=1S/C5H12N2O2/c6-4-2-1-3-7(9)5(4)8/h4-5,8-9H,1-3,6H2/t4-,5-/m1/s1. The lowest BCUT2D eigenvalue weighted by Gasteiger charge is -2.30. The monoisotopic (exact) mass is 132 g/mol. The van der Waals surface area contributed by atoms with E-state index in [0.29, 0.717) is 6.54 Å². The number of rotatable bonds is 0. The average molecular weight is 132 g/mol. The van der Waals surface area contributed by atoms with Gasteiger partial charge in [-0.05, 0) is 12.8 Å². The van der Waals surface area contributed by atoms with Crippen molar-refractivity contribution in [2.24, 2.45) is 5.73 Å². The van der Waals surface area contributed by atoms with Crippen molar-refractivity contribution in [2.45, 2.75) is 25.1 Å². The van der Waals surface area contributed by atoms with E-state index in [0.717, 1.165) is 17.9 Å². The van der Waals surface area contributed by atoms with E-state index in [2.05, 4.69) is 0 Å². The van der Waals surface area contributed by atoms with Crippen molar-refractivity contribution in [3.8, 4) is 0 Å². The van der Waals surface area contributed by atoms with Gasteiger partial charge in [-0.15, -0.1) is 0 Å². The van der Waals surface area contributed by atoms with E-state index in [9.17, 15) is 0 Å². The van der Waals surface area contributed by atoms with Crippen LogP contribution < -0.4 is 5.73 Å². The third-order valence-corrected chi connectivity index (χ3v) is 1.61. The highest BCUT2D eigenvalue weighted by atomic mass is 16.5. The van der Waals surface area contributed by atoms with Crippen LogP contribution in [0.1, 0.15) is 12.8 Å². The van der Waals surface area contributed by atoms with Crippen molar-refractivity contribution < 1.29 is 10.3 Å². The highest BCUT2D eigenvalue weighted by Crippen LogP contribution is 2.10. The van der Waals surface area contributed by atoms with Gasteiger partial charge >= 0.3 is 0 Å². The molecule has 4 nitrogen and oxygen atoms in total. The minimum Gasteiger partial charge on any atom is -0.375 e. The topological polar surface area (TPSA) is 69.7 Å². The van der Waals surface area contributed by atoms with Gasteiger partial charge in [-0.1, -0.05) is 0 Å². The van der Waals surface area contributed by atoms with E-state index in [1.165, 1.54) is 0 Å². The molecule has 0 aliphatic carbocycles. The number of aliphatic hydroxyl groups is 1. The summed E-state index contributed by atoms with van der Waals surface area (Å²) < 4.78 is 0. The van der Waals surface area contributed by atoms with Gasteiger partial charge < -0.3 is 16.0 Å². The van der Waals surface area contributed by atoms with Crippen molar-refractivity contribution in [1.82, 2.24) is 5.06 Å². The molecule has 1 fully saturated rings. The first kappa shape index (κ1) is 6.95. The summed E-state index contributed by atoms with van der Waals surface area (Å²) in [6.07, 6.45) is 0.784. The van der Waals surface area contributed by atoms with Gasteiger partial charge in [-0.3, -0.25) is 0 Å². The number of hydrogen-bond donors (Lipinski definition) is 3. The van der Waals surface area contributed by atoms with Crippen LogP contribution in [0, 0.1) is 0 Å². The van der Waals surface area contributed by atoms with Crippen LogP contribution in [-0.4, -0.2) is 34.2 Å². The molecule has 2 atom stereocenters. The van der Waals surface area contributed by atoms with Crippen molar-refractivity contribution >= 4 is 0 Å². The molecule has 1 saturated heterocycles. The number of hydrogen-bond acceptors (Lipinski definition) is 4. The Morgan fingerprint density at radius 2 is 2.22 bits per heavy atom. The second-order valence-electron chi connectivity index (χ2n) is 2.38. The number of nitrogens with zero attached hydrogens (tertiary/aromatic N) is 1. The van der Waals surface area contributed by atoms with Crippen LogP contribution in [0.5, 0.6) is 0 Å². The molecule has 0 aromatic carbocycles. The van der Waals surface area contributed by atoms with E-state index < -0.39 is 6.23 Å². The molecule has 4 heteroatoms. The van der Waals surface area contributed by atoms with Gasteiger partial charge in [0, 0.05) is 12.6 Å². The number of hydroxylamine groups is 2. The highest BCUT2D eigenvalue weighted by Gasteiger charge is 2.24. The predicted molar refractivity (Wildman–Crippen MR) is 31.7 cm³/mol. The molecule has 0 aromatic heterocycles. The van der Waals surface area contributed by atoms with Crippen molar-refractivity contribution in [3.05, 3.63) is 0 Å². The summed E-state index contributed by atoms with van der Waals surface area (Å²) in [5, 5.41) is 18.7. The molecule has 0 spiro atoms. The zero-order valence-electron chi connectivity index (χ0n) is 5.20. The highest BCUT2D eigenvalue weighted by molar-refractivity contribution is 4.74. The lowest BCUT2D eigenvalue weighted by atomic mass is 10.1. The Morgan fingerprint density at radius 1 is 1.56 bits per heavy atom. The quantitative estimate of drug-likeness (QED) is 0.400. The van der Waals surface area contributed by atoms with Crippen LogP contribution in [0.2, 0.25) is 0 Å². The van der Waals surface area contributed by atoms with Gasteiger partial charge in [0.25, 0.3) is 0 Å². The molecular formula is C5H12N2O2. The SMILES string of the molecule is N[C@@H]1CCCN(O)[C@@H]1O. The third kappa shape index (κ3) is 1.40. The molecule has 54 valence electrons. The Kier molecular flexibility index (Phi) is 2.02. The van der Waals surface area contributed by atoms with Gasteiger partial charge in [0.05, 0.1) is 0 Å². The molecule has 0 aromatic rings. The molecule has 0 bridgehead atoms. The fourth-order valence-corrected chi connectivity index (χ4v) is 0.991. The largest absolute Gasteiger partial charge is 0.375 e. The molecule has 9 heavy (non-hydrogen) atoms. The Morgan fingerprint density at radius 3 is 2.67 bits per heavy atom. The van der Waals surface area contributed by atoms with Crippen molar-refractivity contribution in [2.75, 3.05) is 6.54 Å². The molecule has 0 amide bonds. The van der Waals surface area contributed by atoms with Gasteiger partial charge in [0.1, 0.15) is 6.23 Å². The second kappa shape index (κ2) is 2.62. The van der Waals surface area contributed by atoms with E-state index >= 15 is 0 Å². The maximum atomic E-state index is 9.00. The Bertz CT molecular complexity index is 89.0. The van der Waals surface area contributed by atoms with Crippen molar-refractivity contribution in [3.63, 3.8) is 0 Å². The average Bonchev–Trinajstić information content (AvgIpc) is 1.83. The van der Waals surface area contributed by atoms with Crippen LogP contribution in [0.15, 0.2) is 0 Å². The Labute approximate surface area is 53.8 Å². The number of piperidine rings is 1. The molecule has 1 heterocycles. The van der Waals surface area contributed by atoms with Crippen LogP contribution in [0.3, 0.4) is 0 Å². The van der Waals surface area contributed by atoms with Crippen LogP contribution >= 0.6 is 0 Å². The Balaban J connectivity index is 2.41. The smallest absolute Gasteiger partial charge is 0.144 e.